The van der Waals surface area contributed by atoms with Gasteiger partial charge in [-0.1, -0.05) is 44.9 Å². The average molecular weight is 305 g/mol. The van der Waals surface area contributed by atoms with E-state index in [0.29, 0.717) is 12.5 Å². The van der Waals surface area contributed by atoms with E-state index in [4.69, 9.17) is 0 Å². The second-order valence-corrected chi connectivity index (χ2v) is 6.95. The Balaban J connectivity index is 2.05. The maximum absolute atomic E-state index is 10.3. The van der Waals surface area contributed by atoms with Gasteiger partial charge >= 0.3 is 0 Å². The van der Waals surface area contributed by atoms with Gasteiger partial charge in [0.2, 0.25) is 0 Å². The van der Waals surface area contributed by atoms with Crippen molar-refractivity contribution in [3.8, 4) is 0 Å². The third-order valence-corrected chi connectivity index (χ3v) is 5.96. The van der Waals surface area contributed by atoms with Gasteiger partial charge in [-0.3, -0.25) is 0 Å². The molecule has 0 amide bonds. The first kappa shape index (κ1) is 16.5. The minimum atomic E-state index is -0.253. The molecule has 2 aromatic rings. The Morgan fingerprint density at radius 2 is 1.86 bits per heavy atom. The largest absolute Gasteiger partial charge is 0.392 e. The molecule has 0 aliphatic carbocycles. The summed E-state index contributed by atoms with van der Waals surface area (Å²) in [6.45, 7) is 9.36. The van der Waals surface area contributed by atoms with E-state index in [2.05, 4.69) is 57.3 Å². The van der Waals surface area contributed by atoms with Crippen molar-refractivity contribution in [1.29, 1.82) is 0 Å². The Kier molecular flexibility index (Phi) is 5.80. The molecule has 2 atom stereocenters. The van der Waals surface area contributed by atoms with Gasteiger partial charge in [0.15, 0.2) is 0 Å². The third-order valence-electron chi connectivity index (χ3n) is 4.50. The first-order valence-electron chi connectivity index (χ1n) is 7.97. The highest BCUT2D eigenvalue weighted by Crippen LogP contribution is 2.34. The van der Waals surface area contributed by atoms with Crippen LogP contribution < -0.4 is 5.32 Å². The number of benzene rings is 1. The zero-order valence-electron chi connectivity index (χ0n) is 13.5. The van der Waals surface area contributed by atoms with Gasteiger partial charge in [-0.25, -0.2) is 0 Å². The van der Waals surface area contributed by atoms with Crippen molar-refractivity contribution in [3.63, 3.8) is 0 Å². The summed E-state index contributed by atoms with van der Waals surface area (Å²) in [4.78, 5) is 1.38. The Morgan fingerprint density at radius 3 is 2.48 bits per heavy atom. The summed E-state index contributed by atoms with van der Waals surface area (Å²) in [7, 11) is 0. The Labute approximate surface area is 132 Å². The molecule has 1 aromatic heterocycles. The molecule has 2 rings (SSSR count). The molecule has 116 valence electrons. The molecule has 0 radical (unpaired) electrons. The molecule has 21 heavy (non-hydrogen) atoms. The maximum atomic E-state index is 10.3. The highest BCUT2D eigenvalue weighted by molar-refractivity contribution is 7.19. The lowest BCUT2D eigenvalue weighted by Crippen LogP contribution is -2.33. The van der Waals surface area contributed by atoms with E-state index < -0.39 is 0 Å². The Hall–Kier alpha value is -0.900. The summed E-state index contributed by atoms with van der Waals surface area (Å²) in [5.41, 5.74) is 1.37. The molecular formula is C18H27NOS. The van der Waals surface area contributed by atoms with Crippen molar-refractivity contribution in [2.24, 2.45) is 5.92 Å². The van der Waals surface area contributed by atoms with Crippen LogP contribution in [0.25, 0.3) is 10.1 Å². The van der Waals surface area contributed by atoms with Gasteiger partial charge in [0.05, 0.1) is 6.10 Å². The standard InChI is InChI=1S/C18H27NOS/c1-5-14(6-2)16(20)11-19-13(4)18-12(3)15-9-7-8-10-17(15)21-18/h7-10,13-14,16,19-20H,5-6,11H2,1-4H3. The zero-order chi connectivity index (χ0) is 15.4. The maximum Gasteiger partial charge on any atom is 0.0692 e. The molecule has 0 fully saturated rings. The number of rotatable bonds is 7. The van der Waals surface area contributed by atoms with Gasteiger partial charge in [0.25, 0.3) is 0 Å². The number of hydrogen-bond acceptors (Lipinski definition) is 3. The van der Waals surface area contributed by atoms with Crippen LogP contribution in [0.4, 0.5) is 0 Å². The van der Waals surface area contributed by atoms with Crippen molar-refractivity contribution in [2.45, 2.75) is 52.7 Å². The number of aliphatic hydroxyl groups is 1. The molecule has 1 heterocycles. The highest BCUT2D eigenvalue weighted by atomic mass is 32.1. The SMILES string of the molecule is CCC(CC)C(O)CNC(C)c1sc2ccccc2c1C. The molecule has 2 nitrogen and oxygen atoms in total. The second kappa shape index (κ2) is 7.39. The van der Waals surface area contributed by atoms with Crippen molar-refractivity contribution in [3.05, 3.63) is 34.7 Å². The summed E-state index contributed by atoms with van der Waals surface area (Å²) >= 11 is 1.86. The van der Waals surface area contributed by atoms with Gasteiger partial charge in [0.1, 0.15) is 0 Å². The van der Waals surface area contributed by atoms with E-state index >= 15 is 0 Å². The van der Waals surface area contributed by atoms with E-state index in [1.807, 2.05) is 11.3 Å². The highest BCUT2D eigenvalue weighted by Gasteiger charge is 2.18. The number of nitrogens with one attached hydrogen (secondary N) is 1. The van der Waals surface area contributed by atoms with Crippen LogP contribution in [0.1, 0.15) is 50.1 Å². The van der Waals surface area contributed by atoms with E-state index in [-0.39, 0.29) is 12.1 Å². The molecule has 0 saturated heterocycles. The predicted molar refractivity (Wildman–Crippen MR) is 93.1 cm³/mol. The van der Waals surface area contributed by atoms with Gasteiger partial charge in [0, 0.05) is 22.2 Å². The number of aliphatic hydroxyl groups excluding tert-OH is 1. The van der Waals surface area contributed by atoms with Gasteiger partial charge in [-0.2, -0.15) is 0 Å². The van der Waals surface area contributed by atoms with Crippen molar-refractivity contribution >= 4 is 21.4 Å². The topological polar surface area (TPSA) is 32.3 Å². The molecule has 0 aliphatic heterocycles. The number of thiophene rings is 1. The molecule has 0 bridgehead atoms. The van der Waals surface area contributed by atoms with Crippen LogP contribution in [0.15, 0.2) is 24.3 Å². The second-order valence-electron chi connectivity index (χ2n) is 5.86. The van der Waals surface area contributed by atoms with E-state index in [0.717, 1.165) is 12.8 Å². The lowest BCUT2D eigenvalue weighted by atomic mass is 9.96. The molecule has 0 saturated carbocycles. The molecule has 3 heteroatoms. The van der Waals surface area contributed by atoms with Crippen LogP contribution in [0.3, 0.4) is 0 Å². The van der Waals surface area contributed by atoms with E-state index in [1.54, 1.807) is 0 Å². The normalized spacial score (nSPS) is 14.8. The van der Waals surface area contributed by atoms with Crippen LogP contribution in [-0.2, 0) is 0 Å². The van der Waals surface area contributed by atoms with Crippen LogP contribution in [0.5, 0.6) is 0 Å². The minimum absolute atomic E-state index is 0.253. The number of aryl methyl sites for hydroxylation is 1. The first-order chi connectivity index (χ1) is 10.1. The van der Waals surface area contributed by atoms with E-state index in [1.165, 1.54) is 20.5 Å². The van der Waals surface area contributed by atoms with Crippen molar-refractivity contribution in [1.82, 2.24) is 5.32 Å². The molecule has 2 unspecified atom stereocenters. The summed E-state index contributed by atoms with van der Waals surface area (Å²) in [5.74, 6) is 0.396. The van der Waals surface area contributed by atoms with Crippen LogP contribution >= 0.6 is 11.3 Å². The third kappa shape index (κ3) is 3.65. The average Bonchev–Trinajstić information content (AvgIpc) is 2.84. The lowest BCUT2D eigenvalue weighted by molar-refractivity contribution is 0.0990. The van der Waals surface area contributed by atoms with Crippen LogP contribution in [-0.4, -0.2) is 17.8 Å². The van der Waals surface area contributed by atoms with Gasteiger partial charge in [-0.05, 0) is 36.8 Å². The summed E-state index contributed by atoms with van der Waals surface area (Å²) < 4.78 is 1.35. The van der Waals surface area contributed by atoms with Crippen LogP contribution in [0, 0.1) is 12.8 Å². The van der Waals surface area contributed by atoms with Crippen molar-refractivity contribution in [2.75, 3.05) is 6.54 Å². The zero-order valence-corrected chi connectivity index (χ0v) is 14.3. The van der Waals surface area contributed by atoms with Gasteiger partial charge in [-0.15, -0.1) is 11.3 Å². The van der Waals surface area contributed by atoms with Gasteiger partial charge < -0.3 is 10.4 Å². The minimum Gasteiger partial charge on any atom is -0.392 e. The first-order valence-corrected chi connectivity index (χ1v) is 8.79. The molecule has 0 aliphatic rings. The van der Waals surface area contributed by atoms with Crippen molar-refractivity contribution < 1.29 is 5.11 Å². The summed E-state index contributed by atoms with van der Waals surface area (Å²) in [5, 5.41) is 15.1. The summed E-state index contributed by atoms with van der Waals surface area (Å²) in [6.07, 6.45) is 1.82. The summed E-state index contributed by atoms with van der Waals surface area (Å²) in [6, 6.07) is 8.85. The molecule has 2 N–H and O–H groups in total. The molecule has 0 spiro atoms. The van der Waals surface area contributed by atoms with Crippen LogP contribution in [0.2, 0.25) is 0 Å². The fourth-order valence-electron chi connectivity index (χ4n) is 3.00. The monoisotopic (exact) mass is 305 g/mol. The Morgan fingerprint density at radius 1 is 1.19 bits per heavy atom. The Bertz CT molecular complexity index is 574. The number of hydrogen-bond donors (Lipinski definition) is 2. The fraction of sp³-hybridized carbons (Fsp3) is 0.556. The van der Waals surface area contributed by atoms with E-state index in [9.17, 15) is 5.11 Å². The quantitative estimate of drug-likeness (QED) is 0.780. The molecular weight excluding hydrogens is 278 g/mol. The smallest absolute Gasteiger partial charge is 0.0692 e. The number of fused-ring (bicyclic) bond motifs is 1. The fourth-order valence-corrected chi connectivity index (χ4v) is 4.23. The molecule has 1 aromatic carbocycles. The lowest BCUT2D eigenvalue weighted by Gasteiger charge is -2.22. The predicted octanol–water partition coefficient (Wildman–Crippen LogP) is 4.66.